The van der Waals surface area contributed by atoms with Gasteiger partial charge in [-0.15, -0.1) is 0 Å². The van der Waals surface area contributed by atoms with Crippen molar-refractivity contribution in [1.29, 1.82) is 0 Å². The van der Waals surface area contributed by atoms with Gasteiger partial charge in [0.1, 0.15) is 5.82 Å². The van der Waals surface area contributed by atoms with Crippen LogP contribution >= 0.6 is 0 Å². The molecule has 0 aliphatic carbocycles. The summed E-state index contributed by atoms with van der Waals surface area (Å²) in [6.45, 7) is 13.1. The van der Waals surface area contributed by atoms with Crippen molar-refractivity contribution >= 4 is 11.8 Å². The molecular weight excluding hydrogens is 186 g/mol. The molecule has 3 nitrogen and oxygen atoms in total. The van der Waals surface area contributed by atoms with E-state index in [0.29, 0.717) is 0 Å². The molecular formula is C12H17N3. The summed E-state index contributed by atoms with van der Waals surface area (Å²) in [5, 5.41) is 0. The van der Waals surface area contributed by atoms with Crippen molar-refractivity contribution < 1.29 is 0 Å². The van der Waals surface area contributed by atoms with Gasteiger partial charge in [-0.1, -0.05) is 27.0 Å². The monoisotopic (exact) mass is 203 g/mol. The van der Waals surface area contributed by atoms with Gasteiger partial charge in [-0.3, -0.25) is 4.99 Å². The second kappa shape index (κ2) is 7.62. The molecule has 0 N–H and O–H groups in total. The van der Waals surface area contributed by atoms with Crippen molar-refractivity contribution in [3.05, 3.63) is 43.1 Å². The number of rotatable bonds is 3. The second-order valence-corrected chi connectivity index (χ2v) is 2.48. The summed E-state index contributed by atoms with van der Waals surface area (Å²) in [7, 11) is 0. The quantitative estimate of drug-likeness (QED) is 0.708. The molecule has 1 aromatic heterocycles. The predicted octanol–water partition coefficient (Wildman–Crippen LogP) is 3.04. The highest BCUT2D eigenvalue weighted by Gasteiger charge is 1.96. The maximum absolute atomic E-state index is 4.19. The van der Waals surface area contributed by atoms with Crippen molar-refractivity contribution in [3.63, 3.8) is 0 Å². The van der Waals surface area contributed by atoms with Gasteiger partial charge in [0.25, 0.3) is 0 Å². The second-order valence-electron chi connectivity index (χ2n) is 2.48. The SMILES string of the molecule is C=CN=CC(=C)c1ccnc(C)n1.CC. The van der Waals surface area contributed by atoms with Crippen LogP contribution in [0, 0.1) is 6.92 Å². The Kier molecular flexibility index (Phi) is 6.72. The largest absolute Gasteiger partial charge is 0.265 e. The first-order valence-corrected chi connectivity index (χ1v) is 4.87. The molecule has 15 heavy (non-hydrogen) atoms. The zero-order chi connectivity index (χ0) is 11.7. The van der Waals surface area contributed by atoms with E-state index in [4.69, 9.17) is 0 Å². The molecule has 0 spiro atoms. The van der Waals surface area contributed by atoms with Gasteiger partial charge in [-0.2, -0.15) is 0 Å². The molecule has 0 bridgehead atoms. The number of hydrogen-bond acceptors (Lipinski definition) is 3. The van der Waals surface area contributed by atoms with Crippen molar-refractivity contribution in [2.24, 2.45) is 4.99 Å². The maximum atomic E-state index is 4.19. The van der Waals surface area contributed by atoms with Crippen LogP contribution in [0.25, 0.3) is 5.57 Å². The molecule has 0 aliphatic heterocycles. The molecule has 0 amide bonds. The van der Waals surface area contributed by atoms with Crippen molar-refractivity contribution in [1.82, 2.24) is 9.97 Å². The lowest BCUT2D eigenvalue weighted by Crippen LogP contribution is -1.93. The Morgan fingerprint density at radius 3 is 2.67 bits per heavy atom. The van der Waals surface area contributed by atoms with E-state index in [9.17, 15) is 0 Å². The van der Waals surface area contributed by atoms with Gasteiger partial charge >= 0.3 is 0 Å². The number of nitrogens with zero attached hydrogens (tertiary/aromatic N) is 3. The molecule has 1 aromatic rings. The zero-order valence-corrected chi connectivity index (χ0v) is 9.57. The first-order chi connectivity index (χ1) is 7.24. The molecule has 0 aromatic carbocycles. The molecule has 0 unspecified atom stereocenters. The van der Waals surface area contributed by atoms with Crippen LogP contribution in [0.3, 0.4) is 0 Å². The number of aliphatic imine (C=N–C) groups is 1. The Labute approximate surface area is 91.3 Å². The molecule has 0 radical (unpaired) electrons. The minimum Gasteiger partial charge on any atom is -0.265 e. The highest BCUT2D eigenvalue weighted by Crippen LogP contribution is 2.05. The minimum absolute atomic E-state index is 0.727. The average molecular weight is 203 g/mol. The molecule has 0 saturated carbocycles. The first-order valence-electron chi connectivity index (χ1n) is 4.87. The fourth-order valence-corrected chi connectivity index (χ4v) is 0.844. The van der Waals surface area contributed by atoms with Crippen LogP contribution in [-0.2, 0) is 0 Å². The van der Waals surface area contributed by atoms with E-state index < -0.39 is 0 Å². The molecule has 0 fully saturated rings. The van der Waals surface area contributed by atoms with Crippen LogP contribution in [0.15, 0.2) is 36.6 Å². The summed E-state index contributed by atoms with van der Waals surface area (Å²) in [5.74, 6) is 0.727. The van der Waals surface area contributed by atoms with Gasteiger partial charge in [0, 0.05) is 24.2 Å². The molecule has 1 heterocycles. The minimum atomic E-state index is 0.727. The fourth-order valence-electron chi connectivity index (χ4n) is 0.844. The summed E-state index contributed by atoms with van der Waals surface area (Å²) in [6.07, 6.45) is 4.78. The third-order valence-corrected chi connectivity index (χ3v) is 1.44. The molecule has 80 valence electrons. The van der Waals surface area contributed by atoms with E-state index in [1.807, 2.05) is 20.8 Å². The Morgan fingerprint density at radius 2 is 2.13 bits per heavy atom. The summed E-state index contributed by atoms with van der Waals surface area (Å²) in [6, 6.07) is 1.80. The lowest BCUT2D eigenvalue weighted by molar-refractivity contribution is 1.04. The standard InChI is InChI=1S/C10H11N3.C2H6/c1-4-11-7-8(2)10-5-6-12-9(3)13-10;1-2/h4-7H,1-2H2,3H3;1-2H3. The number of aromatic nitrogens is 2. The Hall–Kier alpha value is -1.77. The average Bonchev–Trinajstić information content (AvgIpc) is 2.28. The van der Waals surface area contributed by atoms with Gasteiger partial charge < -0.3 is 0 Å². The maximum Gasteiger partial charge on any atom is 0.125 e. The van der Waals surface area contributed by atoms with Crippen LogP contribution in [-0.4, -0.2) is 16.2 Å². The van der Waals surface area contributed by atoms with E-state index >= 15 is 0 Å². The van der Waals surface area contributed by atoms with Gasteiger partial charge in [0.2, 0.25) is 0 Å². The van der Waals surface area contributed by atoms with Crippen LogP contribution in [0.1, 0.15) is 25.4 Å². The molecule has 0 atom stereocenters. The van der Waals surface area contributed by atoms with Crippen molar-refractivity contribution in [3.8, 4) is 0 Å². The molecule has 3 heteroatoms. The van der Waals surface area contributed by atoms with Crippen LogP contribution in [0.4, 0.5) is 0 Å². The smallest absolute Gasteiger partial charge is 0.125 e. The topological polar surface area (TPSA) is 38.1 Å². The van der Waals surface area contributed by atoms with E-state index in [-0.39, 0.29) is 0 Å². The Bertz CT molecular complexity index is 354. The van der Waals surface area contributed by atoms with Crippen molar-refractivity contribution in [2.75, 3.05) is 0 Å². The summed E-state index contributed by atoms with van der Waals surface area (Å²) in [5.41, 5.74) is 1.54. The van der Waals surface area contributed by atoms with E-state index in [0.717, 1.165) is 17.1 Å². The van der Waals surface area contributed by atoms with Crippen molar-refractivity contribution in [2.45, 2.75) is 20.8 Å². The van der Waals surface area contributed by atoms with Gasteiger partial charge in [0.15, 0.2) is 0 Å². The summed E-state index contributed by atoms with van der Waals surface area (Å²) in [4.78, 5) is 12.0. The lowest BCUT2D eigenvalue weighted by Gasteiger charge is -1.98. The molecule has 0 saturated heterocycles. The number of aryl methyl sites for hydroxylation is 1. The van der Waals surface area contributed by atoms with E-state index in [1.165, 1.54) is 6.20 Å². The predicted molar refractivity (Wildman–Crippen MR) is 65.8 cm³/mol. The lowest BCUT2D eigenvalue weighted by atomic mass is 10.2. The van der Waals surface area contributed by atoms with Gasteiger partial charge in [-0.05, 0) is 13.0 Å². The fraction of sp³-hybridized carbons (Fsp3) is 0.250. The van der Waals surface area contributed by atoms with Gasteiger partial charge in [-0.25, -0.2) is 9.97 Å². The summed E-state index contributed by atoms with van der Waals surface area (Å²) >= 11 is 0. The third-order valence-electron chi connectivity index (χ3n) is 1.44. The zero-order valence-electron chi connectivity index (χ0n) is 9.57. The number of hydrogen-bond donors (Lipinski definition) is 0. The van der Waals surface area contributed by atoms with Crippen LogP contribution in [0.5, 0.6) is 0 Å². The highest BCUT2D eigenvalue weighted by molar-refractivity contribution is 6.08. The highest BCUT2D eigenvalue weighted by atomic mass is 14.9. The van der Waals surface area contributed by atoms with E-state index in [2.05, 4.69) is 28.1 Å². The first kappa shape index (κ1) is 13.2. The van der Waals surface area contributed by atoms with Crippen LogP contribution < -0.4 is 0 Å². The summed E-state index contributed by atoms with van der Waals surface area (Å²) < 4.78 is 0. The van der Waals surface area contributed by atoms with Gasteiger partial charge in [0.05, 0.1) is 5.69 Å². The molecule has 0 aliphatic rings. The number of allylic oxidation sites excluding steroid dienone is 1. The van der Waals surface area contributed by atoms with Crippen LogP contribution in [0.2, 0.25) is 0 Å². The Morgan fingerprint density at radius 1 is 1.47 bits per heavy atom. The third kappa shape index (κ3) is 4.86. The van der Waals surface area contributed by atoms with E-state index in [1.54, 1.807) is 18.5 Å². The molecule has 1 rings (SSSR count). The Balaban J connectivity index is 0.000000921. The normalized spacial score (nSPS) is 9.27.